The van der Waals surface area contributed by atoms with Gasteiger partial charge in [-0.1, -0.05) is 44.2 Å². The minimum absolute atomic E-state index is 0.0946. The molecule has 0 saturated carbocycles. The maximum Gasteiger partial charge on any atom is 0.254 e. The van der Waals surface area contributed by atoms with Crippen LogP contribution >= 0.6 is 0 Å². The Morgan fingerprint density at radius 3 is 1.56 bits per heavy atom. The van der Waals surface area contributed by atoms with Crippen LogP contribution in [0.4, 0.5) is 38.9 Å². The van der Waals surface area contributed by atoms with E-state index in [1.54, 1.807) is 23.1 Å². The van der Waals surface area contributed by atoms with Gasteiger partial charge >= 0.3 is 0 Å². The van der Waals surface area contributed by atoms with Crippen molar-refractivity contribution in [3.63, 3.8) is 0 Å². The molecule has 7 N–H and O–H groups in total. The van der Waals surface area contributed by atoms with Crippen LogP contribution in [0.5, 0.6) is 0 Å². The first-order valence-corrected chi connectivity index (χ1v) is 37.9. The van der Waals surface area contributed by atoms with Crippen molar-refractivity contribution < 1.29 is 33.0 Å². The van der Waals surface area contributed by atoms with Gasteiger partial charge in [-0.2, -0.15) is 10.2 Å². The Hall–Kier alpha value is -11.5. The van der Waals surface area contributed by atoms with Gasteiger partial charge in [-0.15, -0.1) is 0 Å². The van der Waals surface area contributed by atoms with Gasteiger partial charge in [-0.3, -0.25) is 19.4 Å². The molecular formula is C83H90FN21O6. The summed E-state index contributed by atoms with van der Waals surface area (Å²) in [6, 6.07) is 24.6. The quantitative estimate of drug-likeness (QED) is 0.0396. The molecule has 1 atom stereocenters. The highest BCUT2D eigenvalue weighted by molar-refractivity contribution is 6.09. The number of fused-ring (bicyclic) bond motifs is 6. The number of aromatic nitrogens is 12. The van der Waals surface area contributed by atoms with E-state index < -0.39 is 5.82 Å². The molecule has 3 saturated heterocycles. The van der Waals surface area contributed by atoms with Crippen LogP contribution in [0.1, 0.15) is 151 Å². The van der Waals surface area contributed by atoms with Crippen molar-refractivity contribution in [1.29, 1.82) is 0 Å². The van der Waals surface area contributed by atoms with Crippen molar-refractivity contribution in [2.24, 2.45) is 7.05 Å². The number of benzene rings is 2. The third kappa shape index (κ3) is 15.3. The average molecular weight is 1500 g/mol. The molecule has 0 bridgehead atoms. The van der Waals surface area contributed by atoms with Crippen LogP contribution < -0.4 is 37.2 Å². The number of hydrogen-bond donors (Lipinski definition) is 7. The van der Waals surface area contributed by atoms with Crippen LogP contribution in [0.25, 0.3) is 55.8 Å². The standard InChI is InChI=1S/C28H30FN7O2.C28H31N7O2.C27H29N7O2/c1-16(2)30-14-24-19(17-7-9-38-10-8-17)4-6-25(35-24)34-23-5-3-20(21-12-32-28(37)26(21)23)22-13-33-36-15-18(29)11-31-27(22)36;1-34(2)16-23-18(17-8-12-37-13-9-17)4-5-24(33-23)32-22-15-30-26(21-14-31-28(36)25(21)22)19-6-10-29-27-20(19)7-11-35(27)3;1-16-10-28-26-21(12-30-34(26)13-16)19-4-6-22(25-20(19)11-29-27(25)35)31-24-7-5-18(17-8-9-36-15-17)23(32-24)14-33(2)3/h3-6,11,13,15-17,30H,7-10,12,14H2,1-2H3,(H,32,37)(H,34,35);4-7,10-11,15,17H,8-9,12-14,16H2,1-3H3,(H,31,36)(H,32,33);4-7,10,12-13,17H,8-9,11,14-15H2,1-3H3,(H,29,35)(H,31,32). The Morgan fingerprint density at radius 2 is 1.01 bits per heavy atom. The topological polar surface area (TPSA) is 299 Å². The second-order valence-electron chi connectivity index (χ2n) is 29.9. The number of pyridine rings is 5. The molecule has 27 nitrogen and oxygen atoms in total. The largest absolute Gasteiger partial charge is 0.381 e. The summed E-state index contributed by atoms with van der Waals surface area (Å²) in [5.41, 5.74) is 21.9. The first-order chi connectivity index (χ1) is 53.9. The molecular weight excluding hydrogens is 1410 g/mol. The molecule has 0 aliphatic carbocycles. The summed E-state index contributed by atoms with van der Waals surface area (Å²) in [5, 5.41) is 32.4. The molecule has 0 radical (unpaired) electrons. The summed E-state index contributed by atoms with van der Waals surface area (Å²) in [6.45, 7) is 14.3. The molecule has 111 heavy (non-hydrogen) atoms. The number of ether oxygens (including phenoxy) is 3. The Morgan fingerprint density at radius 1 is 0.514 bits per heavy atom. The molecule has 1 unspecified atom stereocenters. The van der Waals surface area contributed by atoms with Gasteiger partial charge in [-0.25, -0.2) is 43.3 Å². The lowest BCUT2D eigenvalue weighted by Gasteiger charge is -2.25. The van der Waals surface area contributed by atoms with E-state index in [1.807, 2.05) is 112 Å². The number of anilines is 6. The SMILES string of the molecule is CC(C)NCc1nc(Nc2ccc(-c3cnn4cc(F)cnc34)c3c2C(=O)NC3)ccc1C1CCOCC1.CN(C)Cc1nc(Nc2cnc(-c3ccnc4c3ccn4C)c3c2C(=O)NC3)ccc1C1CCOCC1.Cc1cnc2c(-c3ccc(Nc4ccc(C5CCOC5)c(CN(C)C)n4)c4c3CNC4=O)cnn2c1. The summed E-state index contributed by atoms with van der Waals surface area (Å²) in [4.78, 5) is 76.1. The van der Waals surface area contributed by atoms with Crippen LogP contribution in [0, 0.1) is 12.7 Å². The highest BCUT2D eigenvalue weighted by Crippen LogP contribution is 2.42. The van der Waals surface area contributed by atoms with Crippen molar-refractivity contribution in [2.75, 3.05) is 83.8 Å². The minimum atomic E-state index is -0.466. The first kappa shape index (κ1) is 73.6. The highest BCUT2D eigenvalue weighted by Gasteiger charge is 2.33. The van der Waals surface area contributed by atoms with Crippen molar-refractivity contribution in [1.82, 2.24) is 89.8 Å². The van der Waals surface area contributed by atoms with Crippen LogP contribution in [0.15, 0.2) is 129 Å². The maximum absolute atomic E-state index is 13.6. The smallest absolute Gasteiger partial charge is 0.254 e. The number of nitrogens with zero attached hydrogens (tertiary/aromatic N) is 14. The van der Waals surface area contributed by atoms with Gasteiger partial charge in [0.05, 0.1) is 94.1 Å². The van der Waals surface area contributed by atoms with Crippen LogP contribution in [0.3, 0.4) is 0 Å². The molecule has 0 spiro atoms. The fourth-order valence-electron chi connectivity index (χ4n) is 15.9. The van der Waals surface area contributed by atoms with Crippen LogP contribution in [-0.4, -0.2) is 160 Å². The van der Waals surface area contributed by atoms with Gasteiger partial charge in [0.2, 0.25) is 0 Å². The lowest BCUT2D eigenvalue weighted by Crippen LogP contribution is -2.25. The molecule has 16 heterocycles. The fraction of sp³-hybridized carbons (Fsp3) is 0.349. The number of hydrogen-bond acceptors (Lipinski definition) is 21. The summed E-state index contributed by atoms with van der Waals surface area (Å²) in [7, 11) is 10.2. The molecule has 6 aliphatic heterocycles. The zero-order chi connectivity index (χ0) is 76.6. The predicted octanol–water partition coefficient (Wildman–Crippen LogP) is 11.9. The van der Waals surface area contributed by atoms with Gasteiger partial charge in [-0.05, 0) is 166 Å². The number of rotatable bonds is 19. The lowest BCUT2D eigenvalue weighted by molar-refractivity contribution is 0.0849. The van der Waals surface area contributed by atoms with Gasteiger partial charge < -0.3 is 65.8 Å². The molecule has 10 aromatic heterocycles. The normalized spacial score (nSPS) is 16.2. The van der Waals surface area contributed by atoms with E-state index in [-0.39, 0.29) is 17.7 Å². The molecule has 6 aliphatic rings. The van der Waals surface area contributed by atoms with Crippen LogP contribution in [-0.2, 0) is 60.5 Å². The molecule has 2 aromatic carbocycles. The molecule has 28 heteroatoms. The first-order valence-electron chi connectivity index (χ1n) is 37.9. The Balaban J connectivity index is 0.000000126. The number of nitrogens with one attached hydrogen (secondary N) is 7. The van der Waals surface area contributed by atoms with Crippen LogP contribution in [0.2, 0.25) is 0 Å². The zero-order valence-electron chi connectivity index (χ0n) is 63.5. The molecule has 3 fully saturated rings. The van der Waals surface area contributed by atoms with Crippen molar-refractivity contribution in [2.45, 2.75) is 116 Å². The van der Waals surface area contributed by atoms with E-state index in [0.717, 1.165) is 186 Å². The summed E-state index contributed by atoms with van der Waals surface area (Å²) in [6.07, 6.45) is 20.2. The summed E-state index contributed by atoms with van der Waals surface area (Å²) in [5.74, 6) is 2.55. The van der Waals surface area contributed by atoms with E-state index in [4.69, 9.17) is 34.1 Å². The van der Waals surface area contributed by atoms with Gasteiger partial charge in [0.15, 0.2) is 17.1 Å². The fourth-order valence-corrected chi connectivity index (χ4v) is 15.9. The van der Waals surface area contributed by atoms with E-state index >= 15 is 0 Å². The molecule has 18 rings (SSSR count). The Labute approximate surface area is 641 Å². The number of carbonyl (C=O) groups excluding carboxylic acids is 3. The average Bonchev–Trinajstić information content (AvgIpc) is 1.67. The van der Waals surface area contributed by atoms with E-state index in [2.05, 4.69) is 118 Å². The lowest BCUT2D eigenvalue weighted by atomic mass is 9.90. The molecule has 570 valence electrons. The molecule has 12 aromatic rings. The Bertz CT molecular complexity index is 5540. The maximum atomic E-state index is 13.6. The molecule has 3 amide bonds. The second kappa shape index (κ2) is 31.8. The van der Waals surface area contributed by atoms with Gasteiger partial charge in [0.25, 0.3) is 17.7 Å². The van der Waals surface area contributed by atoms with Crippen molar-refractivity contribution in [3.05, 3.63) is 207 Å². The number of carbonyl (C=O) groups is 3. The number of aryl methyl sites for hydroxylation is 2. The van der Waals surface area contributed by atoms with E-state index in [0.29, 0.717) is 95.3 Å². The van der Waals surface area contributed by atoms with Crippen molar-refractivity contribution in [3.8, 4) is 33.5 Å². The monoisotopic (exact) mass is 1500 g/mol. The van der Waals surface area contributed by atoms with Gasteiger partial charge in [0.1, 0.15) is 23.1 Å². The summed E-state index contributed by atoms with van der Waals surface area (Å²) >= 11 is 0. The number of halogens is 1. The third-order valence-corrected chi connectivity index (χ3v) is 21.3. The van der Waals surface area contributed by atoms with Gasteiger partial charge in [0, 0.05) is 144 Å². The predicted molar refractivity (Wildman–Crippen MR) is 422 cm³/mol. The van der Waals surface area contributed by atoms with Crippen molar-refractivity contribution >= 4 is 74.6 Å². The number of amides is 3. The van der Waals surface area contributed by atoms with E-state index in [9.17, 15) is 18.8 Å². The Kier molecular flexibility index (Phi) is 21.1. The zero-order valence-corrected chi connectivity index (χ0v) is 63.5. The summed E-state index contributed by atoms with van der Waals surface area (Å²) < 4.78 is 35.6. The minimum Gasteiger partial charge on any atom is -0.381 e. The highest BCUT2D eigenvalue weighted by atomic mass is 19.1. The second-order valence-corrected chi connectivity index (χ2v) is 29.9. The third-order valence-electron chi connectivity index (χ3n) is 21.3. The van der Waals surface area contributed by atoms with E-state index in [1.165, 1.54) is 33.6 Å².